The standard InChI is InChI=1S/C10H11N3S/c11-10-12-5-9(7-3-4-14-6-7)13(10)8-1-2-8/h3-6,8H,1-2H2,(H2,11,12). The maximum absolute atomic E-state index is 5.84. The molecule has 4 heteroatoms. The zero-order chi connectivity index (χ0) is 9.54. The highest BCUT2D eigenvalue weighted by atomic mass is 32.1. The van der Waals surface area contributed by atoms with Crippen molar-refractivity contribution >= 4 is 17.3 Å². The summed E-state index contributed by atoms with van der Waals surface area (Å²) in [6, 6.07) is 2.70. The largest absolute Gasteiger partial charge is 0.369 e. The molecule has 14 heavy (non-hydrogen) atoms. The number of hydrogen-bond acceptors (Lipinski definition) is 3. The van der Waals surface area contributed by atoms with E-state index in [1.165, 1.54) is 18.4 Å². The Morgan fingerprint density at radius 1 is 1.50 bits per heavy atom. The molecule has 1 aliphatic rings. The molecule has 0 amide bonds. The number of aromatic nitrogens is 2. The Morgan fingerprint density at radius 3 is 3.00 bits per heavy atom. The van der Waals surface area contributed by atoms with Crippen molar-refractivity contribution in [2.24, 2.45) is 0 Å². The summed E-state index contributed by atoms with van der Waals surface area (Å²) in [7, 11) is 0. The minimum Gasteiger partial charge on any atom is -0.369 e. The van der Waals surface area contributed by atoms with Gasteiger partial charge in [-0.15, -0.1) is 0 Å². The fraction of sp³-hybridized carbons (Fsp3) is 0.300. The summed E-state index contributed by atoms with van der Waals surface area (Å²) in [6.45, 7) is 0. The molecule has 2 N–H and O–H groups in total. The van der Waals surface area contributed by atoms with Crippen molar-refractivity contribution in [2.75, 3.05) is 5.73 Å². The van der Waals surface area contributed by atoms with E-state index in [2.05, 4.69) is 26.4 Å². The minimum atomic E-state index is 0.590. The second-order valence-corrected chi connectivity index (χ2v) is 4.39. The van der Waals surface area contributed by atoms with Crippen LogP contribution in [0.4, 0.5) is 5.95 Å². The van der Waals surface area contributed by atoms with Gasteiger partial charge in [-0.05, 0) is 24.3 Å². The highest BCUT2D eigenvalue weighted by molar-refractivity contribution is 7.08. The lowest BCUT2D eigenvalue weighted by molar-refractivity contribution is 0.761. The summed E-state index contributed by atoms with van der Waals surface area (Å²) in [5.41, 5.74) is 8.23. The van der Waals surface area contributed by atoms with Gasteiger partial charge in [0.25, 0.3) is 0 Å². The second kappa shape index (κ2) is 2.85. The van der Waals surface area contributed by atoms with E-state index in [0.29, 0.717) is 12.0 Å². The number of anilines is 1. The van der Waals surface area contributed by atoms with E-state index in [4.69, 9.17) is 5.73 Å². The van der Waals surface area contributed by atoms with E-state index in [-0.39, 0.29) is 0 Å². The lowest BCUT2D eigenvalue weighted by Gasteiger charge is -2.06. The van der Waals surface area contributed by atoms with Crippen LogP contribution in [0.15, 0.2) is 23.0 Å². The molecule has 0 saturated heterocycles. The van der Waals surface area contributed by atoms with Crippen molar-refractivity contribution in [3.05, 3.63) is 23.0 Å². The molecule has 1 saturated carbocycles. The van der Waals surface area contributed by atoms with Gasteiger partial charge in [0.05, 0.1) is 11.9 Å². The fourth-order valence-corrected chi connectivity index (χ4v) is 2.37. The maximum atomic E-state index is 5.84. The Morgan fingerprint density at radius 2 is 2.36 bits per heavy atom. The van der Waals surface area contributed by atoms with Crippen LogP contribution in [0.1, 0.15) is 18.9 Å². The smallest absolute Gasteiger partial charge is 0.200 e. The normalized spacial score (nSPS) is 16.0. The van der Waals surface area contributed by atoms with E-state index in [0.717, 1.165) is 5.69 Å². The molecule has 72 valence electrons. The van der Waals surface area contributed by atoms with Crippen LogP contribution in [0, 0.1) is 0 Å². The first-order chi connectivity index (χ1) is 6.86. The molecule has 1 aliphatic carbocycles. The third-order valence-electron chi connectivity index (χ3n) is 2.55. The average molecular weight is 205 g/mol. The van der Waals surface area contributed by atoms with Crippen LogP contribution in [0.25, 0.3) is 11.3 Å². The lowest BCUT2D eigenvalue weighted by atomic mass is 10.2. The number of imidazole rings is 1. The number of rotatable bonds is 2. The monoisotopic (exact) mass is 205 g/mol. The van der Waals surface area contributed by atoms with Gasteiger partial charge in [0, 0.05) is 17.0 Å². The van der Waals surface area contributed by atoms with Crippen LogP contribution in [0.2, 0.25) is 0 Å². The highest BCUT2D eigenvalue weighted by Crippen LogP contribution is 2.40. The maximum Gasteiger partial charge on any atom is 0.200 e. The van der Waals surface area contributed by atoms with Crippen LogP contribution in [-0.4, -0.2) is 9.55 Å². The number of thiophene rings is 1. The van der Waals surface area contributed by atoms with Gasteiger partial charge in [-0.3, -0.25) is 0 Å². The molecule has 0 aliphatic heterocycles. The molecule has 3 nitrogen and oxygen atoms in total. The molecule has 0 unspecified atom stereocenters. The highest BCUT2D eigenvalue weighted by Gasteiger charge is 2.27. The third-order valence-corrected chi connectivity index (χ3v) is 3.24. The van der Waals surface area contributed by atoms with Gasteiger partial charge in [0.2, 0.25) is 5.95 Å². The number of nitrogen functional groups attached to an aromatic ring is 1. The Hall–Kier alpha value is -1.29. The summed E-state index contributed by atoms with van der Waals surface area (Å²) >= 11 is 1.70. The first kappa shape index (κ1) is 8.05. The molecule has 0 aromatic carbocycles. The Labute approximate surface area is 86.2 Å². The molecule has 0 radical (unpaired) electrons. The van der Waals surface area contributed by atoms with Gasteiger partial charge in [0.1, 0.15) is 0 Å². The first-order valence-electron chi connectivity index (χ1n) is 4.71. The van der Waals surface area contributed by atoms with Gasteiger partial charge in [0.15, 0.2) is 0 Å². The van der Waals surface area contributed by atoms with Gasteiger partial charge >= 0.3 is 0 Å². The van der Waals surface area contributed by atoms with Gasteiger partial charge in [-0.2, -0.15) is 11.3 Å². The third kappa shape index (κ3) is 1.14. The topological polar surface area (TPSA) is 43.8 Å². The van der Waals surface area contributed by atoms with Crippen molar-refractivity contribution in [1.82, 2.24) is 9.55 Å². The van der Waals surface area contributed by atoms with Crippen LogP contribution in [0.3, 0.4) is 0 Å². The molecule has 0 atom stereocenters. The van der Waals surface area contributed by atoms with Gasteiger partial charge in [-0.25, -0.2) is 4.98 Å². The number of nitrogens with zero attached hydrogens (tertiary/aromatic N) is 2. The van der Waals surface area contributed by atoms with Crippen molar-refractivity contribution in [1.29, 1.82) is 0 Å². The van der Waals surface area contributed by atoms with Crippen molar-refractivity contribution in [2.45, 2.75) is 18.9 Å². The number of nitrogens with two attached hydrogens (primary N) is 1. The van der Waals surface area contributed by atoms with Gasteiger partial charge < -0.3 is 10.3 Å². The molecular weight excluding hydrogens is 194 g/mol. The predicted octanol–water partition coefficient (Wildman–Crippen LogP) is 2.53. The lowest BCUT2D eigenvalue weighted by Crippen LogP contribution is -2.02. The summed E-state index contributed by atoms with van der Waals surface area (Å²) in [5, 5.41) is 4.21. The van der Waals surface area contributed by atoms with Crippen LogP contribution in [-0.2, 0) is 0 Å². The molecule has 2 heterocycles. The molecular formula is C10H11N3S. The van der Waals surface area contributed by atoms with Crippen molar-refractivity contribution < 1.29 is 0 Å². The summed E-state index contributed by atoms with van der Waals surface area (Å²) < 4.78 is 2.15. The Kier molecular flexibility index (Phi) is 1.64. The van der Waals surface area contributed by atoms with E-state index in [9.17, 15) is 0 Å². The van der Waals surface area contributed by atoms with Crippen LogP contribution >= 0.6 is 11.3 Å². The quantitative estimate of drug-likeness (QED) is 0.818. The molecule has 0 bridgehead atoms. The van der Waals surface area contributed by atoms with E-state index >= 15 is 0 Å². The average Bonchev–Trinajstić information content (AvgIpc) is 2.75. The predicted molar refractivity (Wildman–Crippen MR) is 58.2 cm³/mol. The molecule has 2 aromatic heterocycles. The second-order valence-electron chi connectivity index (χ2n) is 3.61. The number of hydrogen-bond donors (Lipinski definition) is 1. The Bertz CT molecular complexity index is 440. The zero-order valence-corrected chi connectivity index (χ0v) is 8.50. The van der Waals surface area contributed by atoms with E-state index < -0.39 is 0 Å². The zero-order valence-electron chi connectivity index (χ0n) is 7.68. The molecule has 2 aromatic rings. The van der Waals surface area contributed by atoms with E-state index in [1.54, 1.807) is 11.3 Å². The first-order valence-corrected chi connectivity index (χ1v) is 5.66. The van der Waals surface area contributed by atoms with Crippen LogP contribution in [0.5, 0.6) is 0 Å². The SMILES string of the molecule is Nc1ncc(-c2ccsc2)n1C1CC1. The summed E-state index contributed by atoms with van der Waals surface area (Å²) in [4.78, 5) is 4.18. The fourth-order valence-electron chi connectivity index (χ4n) is 1.72. The molecule has 1 fully saturated rings. The van der Waals surface area contributed by atoms with Gasteiger partial charge in [-0.1, -0.05) is 0 Å². The molecule has 0 spiro atoms. The van der Waals surface area contributed by atoms with Crippen LogP contribution < -0.4 is 5.73 Å². The minimum absolute atomic E-state index is 0.590. The molecule has 3 rings (SSSR count). The summed E-state index contributed by atoms with van der Waals surface area (Å²) in [6.07, 6.45) is 4.34. The summed E-state index contributed by atoms with van der Waals surface area (Å²) in [5.74, 6) is 0.647. The van der Waals surface area contributed by atoms with E-state index in [1.807, 2.05) is 6.20 Å². The van der Waals surface area contributed by atoms with Crippen molar-refractivity contribution in [3.63, 3.8) is 0 Å². The van der Waals surface area contributed by atoms with Crippen molar-refractivity contribution in [3.8, 4) is 11.3 Å². The Balaban J connectivity index is 2.13.